The lowest BCUT2D eigenvalue weighted by molar-refractivity contribution is -0.131. The van der Waals surface area contributed by atoms with Gasteiger partial charge in [-0.25, -0.2) is 9.78 Å². The van der Waals surface area contributed by atoms with E-state index in [2.05, 4.69) is 10.3 Å². The topological polar surface area (TPSA) is 75.4 Å². The summed E-state index contributed by atoms with van der Waals surface area (Å²) in [5.41, 5.74) is 1.50. The van der Waals surface area contributed by atoms with Gasteiger partial charge in [-0.15, -0.1) is 0 Å². The van der Waals surface area contributed by atoms with Crippen molar-refractivity contribution < 1.29 is 14.0 Å². The van der Waals surface area contributed by atoms with Crippen LogP contribution in [0.25, 0.3) is 11.3 Å². The van der Waals surface area contributed by atoms with Crippen molar-refractivity contribution in [1.82, 2.24) is 15.2 Å². The standard InChI is InChI=1S/C21H18ClN3O3/c1-13-3-7-15(8-4-13)21(2)19(26)25(20(27)24-21)12-18-23-11-17(28-18)14-5-9-16(22)10-6-14/h3-11H,12H2,1-2H3,(H,24,27)/t21-/m0/s1. The largest absolute Gasteiger partial charge is 0.439 e. The van der Waals surface area contributed by atoms with Gasteiger partial charge in [0.05, 0.1) is 6.20 Å². The zero-order valence-electron chi connectivity index (χ0n) is 15.4. The van der Waals surface area contributed by atoms with E-state index in [1.54, 1.807) is 25.3 Å². The molecule has 2 heterocycles. The van der Waals surface area contributed by atoms with Crippen molar-refractivity contribution in [1.29, 1.82) is 0 Å². The molecule has 0 spiro atoms. The van der Waals surface area contributed by atoms with Gasteiger partial charge in [0.2, 0.25) is 5.89 Å². The van der Waals surface area contributed by atoms with Gasteiger partial charge < -0.3 is 9.73 Å². The maximum Gasteiger partial charge on any atom is 0.325 e. The van der Waals surface area contributed by atoms with Crippen LogP contribution in [0.1, 0.15) is 23.9 Å². The Kier molecular flexibility index (Phi) is 4.43. The van der Waals surface area contributed by atoms with E-state index in [1.165, 1.54) is 0 Å². The van der Waals surface area contributed by atoms with Gasteiger partial charge in [-0.3, -0.25) is 9.69 Å². The predicted octanol–water partition coefficient (Wildman–Crippen LogP) is 4.27. The first-order valence-corrected chi connectivity index (χ1v) is 9.16. The highest BCUT2D eigenvalue weighted by molar-refractivity contribution is 6.30. The fraction of sp³-hybridized carbons (Fsp3) is 0.190. The third kappa shape index (κ3) is 3.16. The normalized spacial score (nSPS) is 19.2. The van der Waals surface area contributed by atoms with Crippen LogP contribution < -0.4 is 5.32 Å². The van der Waals surface area contributed by atoms with Gasteiger partial charge in [-0.2, -0.15) is 0 Å². The van der Waals surface area contributed by atoms with Crippen LogP contribution in [0.4, 0.5) is 4.79 Å². The van der Waals surface area contributed by atoms with Crippen LogP contribution in [0.5, 0.6) is 0 Å². The third-order valence-electron chi connectivity index (χ3n) is 4.88. The zero-order valence-corrected chi connectivity index (χ0v) is 16.2. The van der Waals surface area contributed by atoms with E-state index in [0.717, 1.165) is 21.6 Å². The number of rotatable bonds is 4. The molecule has 0 aliphatic carbocycles. The summed E-state index contributed by atoms with van der Waals surface area (Å²) in [7, 11) is 0. The molecule has 2 aromatic carbocycles. The van der Waals surface area contributed by atoms with Crippen LogP contribution in [0, 0.1) is 6.92 Å². The second-order valence-electron chi connectivity index (χ2n) is 6.94. The number of hydrogen-bond donors (Lipinski definition) is 1. The number of benzene rings is 2. The smallest absolute Gasteiger partial charge is 0.325 e. The Balaban J connectivity index is 1.55. The number of aryl methyl sites for hydroxylation is 1. The molecule has 3 amide bonds. The van der Waals surface area contributed by atoms with Gasteiger partial charge in [0.1, 0.15) is 12.1 Å². The van der Waals surface area contributed by atoms with E-state index in [0.29, 0.717) is 10.8 Å². The summed E-state index contributed by atoms with van der Waals surface area (Å²) in [6, 6.07) is 14.2. The quantitative estimate of drug-likeness (QED) is 0.669. The molecule has 1 saturated heterocycles. The zero-order chi connectivity index (χ0) is 19.9. The van der Waals surface area contributed by atoms with Crippen LogP contribution in [-0.4, -0.2) is 21.8 Å². The summed E-state index contributed by atoms with van der Waals surface area (Å²) >= 11 is 5.90. The molecule has 0 bridgehead atoms. The molecular weight excluding hydrogens is 378 g/mol. The molecule has 1 fully saturated rings. The molecule has 1 N–H and O–H groups in total. The van der Waals surface area contributed by atoms with Gasteiger partial charge in [0.25, 0.3) is 5.91 Å². The van der Waals surface area contributed by atoms with E-state index in [-0.39, 0.29) is 18.3 Å². The maximum absolute atomic E-state index is 13.0. The van der Waals surface area contributed by atoms with Gasteiger partial charge >= 0.3 is 6.03 Å². The van der Waals surface area contributed by atoms with E-state index in [1.807, 2.05) is 43.3 Å². The van der Waals surface area contributed by atoms with Gasteiger partial charge in [-0.1, -0.05) is 41.4 Å². The molecule has 0 radical (unpaired) electrons. The van der Waals surface area contributed by atoms with Crippen LogP contribution in [0.15, 0.2) is 59.1 Å². The summed E-state index contributed by atoms with van der Waals surface area (Å²) in [5, 5.41) is 3.41. The number of urea groups is 1. The second-order valence-corrected chi connectivity index (χ2v) is 7.37. The number of halogens is 1. The van der Waals surface area contributed by atoms with E-state index >= 15 is 0 Å². The first-order chi connectivity index (χ1) is 13.4. The van der Waals surface area contributed by atoms with Crippen LogP contribution in [0.3, 0.4) is 0 Å². The number of amides is 3. The number of imide groups is 1. The fourth-order valence-corrected chi connectivity index (χ4v) is 3.32. The Bertz CT molecular complexity index is 1040. The monoisotopic (exact) mass is 395 g/mol. The predicted molar refractivity (Wildman–Crippen MR) is 105 cm³/mol. The first-order valence-electron chi connectivity index (χ1n) is 8.79. The van der Waals surface area contributed by atoms with Gasteiger partial charge in [0, 0.05) is 10.6 Å². The average Bonchev–Trinajstić information content (AvgIpc) is 3.22. The lowest BCUT2D eigenvalue weighted by Crippen LogP contribution is -2.40. The molecule has 4 rings (SSSR count). The molecule has 1 aliphatic rings. The van der Waals surface area contributed by atoms with Gasteiger partial charge in [-0.05, 0) is 43.7 Å². The Hall–Kier alpha value is -3.12. The molecule has 6 nitrogen and oxygen atoms in total. The number of carbonyl (C=O) groups is 2. The Morgan fingerprint density at radius 2 is 1.79 bits per heavy atom. The minimum absolute atomic E-state index is 0.0420. The van der Waals surface area contributed by atoms with E-state index < -0.39 is 11.6 Å². The molecule has 3 aromatic rings. The number of nitrogens with one attached hydrogen (secondary N) is 1. The van der Waals surface area contributed by atoms with Crippen molar-refractivity contribution in [3.05, 3.63) is 76.8 Å². The van der Waals surface area contributed by atoms with Gasteiger partial charge in [0.15, 0.2) is 5.76 Å². The molecule has 28 heavy (non-hydrogen) atoms. The summed E-state index contributed by atoms with van der Waals surface area (Å²) in [6.45, 7) is 3.63. The molecule has 142 valence electrons. The number of aromatic nitrogens is 1. The number of hydrogen-bond acceptors (Lipinski definition) is 4. The number of nitrogens with zero attached hydrogens (tertiary/aromatic N) is 2. The third-order valence-corrected chi connectivity index (χ3v) is 5.13. The van der Waals surface area contributed by atoms with Crippen molar-refractivity contribution in [2.75, 3.05) is 0 Å². The summed E-state index contributed by atoms with van der Waals surface area (Å²) in [5.74, 6) is 0.481. The average molecular weight is 396 g/mol. The molecule has 1 aromatic heterocycles. The molecule has 0 unspecified atom stereocenters. The lowest BCUT2D eigenvalue weighted by Gasteiger charge is -2.22. The molecular formula is C21H18ClN3O3. The van der Waals surface area contributed by atoms with Crippen molar-refractivity contribution >= 4 is 23.5 Å². The molecule has 1 aliphatic heterocycles. The molecule has 7 heteroatoms. The minimum Gasteiger partial charge on any atom is -0.439 e. The van der Waals surface area contributed by atoms with E-state index in [4.69, 9.17) is 16.0 Å². The van der Waals surface area contributed by atoms with Crippen molar-refractivity contribution in [2.24, 2.45) is 0 Å². The highest BCUT2D eigenvalue weighted by Crippen LogP contribution is 2.30. The van der Waals surface area contributed by atoms with Crippen LogP contribution >= 0.6 is 11.6 Å². The van der Waals surface area contributed by atoms with Crippen LogP contribution in [0.2, 0.25) is 5.02 Å². The Labute approximate surface area is 167 Å². The van der Waals surface area contributed by atoms with E-state index in [9.17, 15) is 9.59 Å². The summed E-state index contributed by atoms with van der Waals surface area (Å²) < 4.78 is 5.73. The highest BCUT2D eigenvalue weighted by atomic mass is 35.5. The maximum atomic E-state index is 13.0. The highest BCUT2D eigenvalue weighted by Gasteiger charge is 2.49. The Morgan fingerprint density at radius 1 is 1.11 bits per heavy atom. The Morgan fingerprint density at radius 3 is 2.46 bits per heavy atom. The van der Waals surface area contributed by atoms with Crippen molar-refractivity contribution in [2.45, 2.75) is 25.9 Å². The first kappa shape index (κ1) is 18.3. The minimum atomic E-state index is -1.11. The molecule has 1 atom stereocenters. The van der Waals surface area contributed by atoms with Crippen molar-refractivity contribution in [3.63, 3.8) is 0 Å². The molecule has 0 saturated carbocycles. The SMILES string of the molecule is Cc1ccc([C@]2(C)NC(=O)N(Cc3ncc(-c4ccc(Cl)cc4)o3)C2=O)cc1. The van der Waals surface area contributed by atoms with Crippen LogP contribution in [-0.2, 0) is 16.9 Å². The summed E-state index contributed by atoms with van der Waals surface area (Å²) in [4.78, 5) is 30.8. The summed E-state index contributed by atoms with van der Waals surface area (Å²) in [6.07, 6.45) is 1.57. The number of oxazole rings is 1. The van der Waals surface area contributed by atoms with Crippen molar-refractivity contribution in [3.8, 4) is 11.3 Å². The number of carbonyl (C=O) groups excluding carboxylic acids is 2. The second kappa shape index (κ2) is 6.80. The lowest BCUT2D eigenvalue weighted by atomic mass is 9.91. The fourth-order valence-electron chi connectivity index (χ4n) is 3.19.